The van der Waals surface area contributed by atoms with Crippen LogP contribution in [0.15, 0.2) is 36.4 Å². The minimum atomic E-state index is -0.991. The van der Waals surface area contributed by atoms with E-state index < -0.39 is 5.97 Å². The quantitative estimate of drug-likeness (QED) is 0.861. The van der Waals surface area contributed by atoms with Gasteiger partial charge in [0.05, 0.1) is 5.69 Å². The molecule has 2 N–H and O–H groups in total. The van der Waals surface area contributed by atoms with Gasteiger partial charge in [0, 0.05) is 5.56 Å². The van der Waals surface area contributed by atoms with Gasteiger partial charge in [0.15, 0.2) is 0 Å². The van der Waals surface area contributed by atoms with Crippen molar-refractivity contribution in [3.63, 3.8) is 0 Å². The summed E-state index contributed by atoms with van der Waals surface area (Å²) in [6.45, 7) is -0.242. The third kappa shape index (κ3) is 2.79. The summed E-state index contributed by atoms with van der Waals surface area (Å²) in [6, 6.07) is 9.37. The third-order valence-electron chi connectivity index (χ3n) is 2.24. The van der Waals surface area contributed by atoms with Crippen molar-refractivity contribution in [3.8, 4) is 11.3 Å². The molecule has 1 heterocycles. The molecule has 6 heteroatoms. The van der Waals surface area contributed by atoms with Gasteiger partial charge in [-0.15, -0.1) is 10.2 Å². The number of anilines is 1. The van der Waals surface area contributed by atoms with Crippen molar-refractivity contribution in [1.29, 1.82) is 0 Å². The number of carboxylic acids is 1. The molecule has 0 atom stereocenters. The minimum absolute atomic E-state index is 0.242. The molecule has 92 valence electrons. The van der Waals surface area contributed by atoms with Crippen molar-refractivity contribution in [3.05, 3.63) is 42.2 Å². The van der Waals surface area contributed by atoms with E-state index in [-0.39, 0.29) is 12.4 Å². The van der Waals surface area contributed by atoms with Crippen LogP contribution in [-0.2, 0) is 4.79 Å². The lowest BCUT2D eigenvalue weighted by Crippen LogP contribution is -2.13. The summed E-state index contributed by atoms with van der Waals surface area (Å²) in [7, 11) is 0. The first-order valence-corrected chi connectivity index (χ1v) is 5.21. The van der Waals surface area contributed by atoms with Crippen molar-refractivity contribution in [1.82, 2.24) is 10.2 Å². The number of carbonyl (C=O) groups is 1. The van der Waals surface area contributed by atoms with E-state index in [2.05, 4.69) is 15.5 Å². The van der Waals surface area contributed by atoms with Gasteiger partial charge in [0.2, 0.25) is 0 Å². The molecule has 0 aliphatic heterocycles. The van der Waals surface area contributed by atoms with Gasteiger partial charge in [-0.25, -0.2) is 4.39 Å². The van der Waals surface area contributed by atoms with Crippen molar-refractivity contribution < 1.29 is 14.3 Å². The molecule has 18 heavy (non-hydrogen) atoms. The lowest BCUT2D eigenvalue weighted by Gasteiger charge is -2.04. The van der Waals surface area contributed by atoms with Crippen molar-refractivity contribution in [2.24, 2.45) is 0 Å². The zero-order valence-corrected chi connectivity index (χ0v) is 9.30. The zero-order chi connectivity index (χ0) is 13.0. The van der Waals surface area contributed by atoms with E-state index in [0.717, 1.165) is 0 Å². The first-order valence-electron chi connectivity index (χ1n) is 5.21. The van der Waals surface area contributed by atoms with E-state index >= 15 is 0 Å². The van der Waals surface area contributed by atoms with Crippen molar-refractivity contribution in [2.75, 3.05) is 11.9 Å². The summed E-state index contributed by atoms with van der Waals surface area (Å²) in [5.41, 5.74) is 0.753. The number of aliphatic carboxylic acids is 1. The fraction of sp³-hybridized carbons (Fsp3) is 0.0833. The van der Waals surface area contributed by atoms with Crippen LogP contribution in [0.4, 0.5) is 10.2 Å². The summed E-state index contributed by atoms with van der Waals surface area (Å²) in [5, 5.41) is 18.7. The molecule has 1 aromatic carbocycles. The molecule has 2 aromatic rings. The predicted octanol–water partition coefficient (Wildman–Crippen LogP) is 1.78. The fourth-order valence-electron chi connectivity index (χ4n) is 1.41. The van der Waals surface area contributed by atoms with Crippen molar-refractivity contribution in [2.45, 2.75) is 0 Å². The largest absolute Gasteiger partial charge is 0.480 e. The van der Waals surface area contributed by atoms with Gasteiger partial charge in [-0.05, 0) is 24.3 Å². The van der Waals surface area contributed by atoms with Crippen LogP contribution in [0.5, 0.6) is 0 Å². The third-order valence-corrected chi connectivity index (χ3v) is 2.24. The van der Waals surface area contributed by atoms with Gasteiger partial charge in [-0.2, -0.15) is 0 Å². The van der Waals surface area contributed by atoms with Crippen LogP contribution in [0.3, 0.4) is 0 Å². The van der Waals surface area contributed by atoms with Crippen molar-refractivity contribution >= 4 is 11.8 Å². The monoisotopic (exact) mass is 247 g/mol. The molecule has 0 fully saturated rings. The number of hydrogen-bond acceptors (Lipinski definition) is 4. The molecule has 0 saturated carbocycles. The van der Waals surface area contributed by atoms with Gasteiger partial charge < -0.3 is 10.4 Å². The summed E-state index contributed by atoms with van der Waals surface area (Å²) < 4.78 is 13.5. The fourth-order valence-corrected chi connectivity index (χ4v) is 1.41. The lowest BCUT2D eigenvalue weighted by atomic mass is 10.1. The second-order valence-corrected chi connectivity index (χ2v) is 3.53. The zero-order valence-electron chi connectivity index (χ0n) is 9.30. The average molecular weight is 247 g/mol. The first kappa shape index (κ1) is 12.0. The minimum Gasteiger partial charge on any atom is -0.480 e. The number of nitrogens with zero attached hydrogens (tertiary/aromatic N) is 2. The van der Waals surface area contributed by atoms with E-state index in [1.54, 1.807) is 30.3 Å². The molecule has 0 amide bonds. The highest BCUT2D eigenvalue weighted by Crippen LogP contribution is 2.20. The molecule has 0 bridgehead atoms. The molecule has 0 spiro atoms. The smallest absolute Gasteiger partial charge is 0.322 e. The van der Waals surface area contributed by atoms with Crippen LogP contribution >= 0.6 is 0 Å². The standard InChI is InChI=1S/C12H10FN3O2/c13-9-4-2-1-3-8(9)10-5-6-11(16-15-10)14-7-12(17)18/h1-6H,7H2,(H,14,16)(H,17,18). The number of rotatable bonds is 4. The van der Waals surface area contributed by atoms with Crippen LogP contribution < -0.4 is 5.32 Å². The summed E-state index contributed by atoms with van der Waals surface area (Å²) >= 11 is 0. The molecular weight excluding hydrogens is 237 g/mol. The Bertz CT molecular complexity index is 558. The maximum absolute atomic E-state index is 13.5. The molecule has 0 aliphatic carbocycles. The van der Waals surface area contributed by atoms with E-state index in [0.29, 0.717) is 17.1 Å². The summed E-state index contributed by atoms with van der Waals surface area (Å²) in [6.07, 6.45) is 0. The Morgan fingerprint density at radius 3 is 2.61 bits per heavy atom. The van der Waals surface area contributed by atoms with E-state index in [1.807, 2.05) is 0 Å². The molecule has 2 rings (SSSR count). The number of carboxylic acid groups (broad SMARTS) is 1. The van der Waals surface area contributed by atoms with E-state index in [9.17, 15) is 9.18 Å². The number of hydrogen-bond donors (Lipinski definition) is 2. The van der Waals surface area contributed by atoms with Gasteiger partial charge in [-0.1, -0.05) is 12.1 Å². The maximum Gasteiger partial charge on any atom is 0.322 e. The highest BCUT2D eigenvalue weighted by atomic mass is 19.1. The number of aromatic nitrogens is 2. The van der Waals surface area contributed by atoms with E-state index in [1.165, 1.54) is 6.07 Å². The molecular formula is C12H10FN3O2. The van der Waals surface area contributed by atoms with Gasteiger partial charge in [0.25, 0.3) is 0 Å². The highest BCUT2D eigenvalue weighted by Gasteiger charge is 2.06. The van der Waals surface area contributed by atoms with Crippen LogP contribution in [0.1, 0.15) is 0 Å². The topological polar surface area (TPSA) is 75.1 Å². The number of benzene rings is 1. The second kappa shape index (κ2) is 5.22. The molecule has 0 saturated heterocycles. The van der Waals surface area contributed by atoms with Crippen LogP contribution in [0, 0.1) is 5.82 Å². The molecule has 0 unspecified atom stereocenters. The molecule has 0 aliphatic rings. The number of nitrogens with one attached hydrogen (secondary N) is 1. The Balaban J connectivity index is 2.17. The van der Waals surface area contributed by atoms with Crippen LogP contribution in [0.25, 0.3) is 11.3 Å². The normalized spacial score (nSPS) is 10.1. The van der Waals surface area contributed by atoms with Gasteiger partial charge >= 0.3 is 5.97 Å². The molecule has 1 aromatic heterocycles. The Kier molecular flexibility index (Phi) is 3.47. The van der Waals surface area contributed by atoms with Gasteiger partial charge in [0.1, 0.15) is 18.2 Å². The second-order valence-electron chi connectivity index (χ2n) is 3.53. The highest BCUT2D eigenvalue weighted by molar-refractivity contribution is 5.72. The van der Waals surface area contributed by atoms with Crippen LogP contribution in [-0.4, -0.2) is 27.8 Å². The molecule has 0 radical (unpaired) electrons. The Hall–Kier alpha value is -2.50. The molecule has 5 nitrogen and oxygen atoms in total. The summed E-state index contributed by atoms with van der Waals surface area (Å²) in [4.78, 5) is 10.3. The van der Waals surface area contributed by atoms with Gasteiger partial charge in [-0.3, -0.25) is 4.79 Å². The Morgan fingerprint density at radius 2 is 2.00 bits per heavy atom. The number of halogens is 1. The Labute approximate surface area is 102 Å². The first-order chi connectivity index (χ1) is 8.66. The Morgan fingerprint density at radius 1 is 1.22 bits per heavy atom. The average Bonchev–Trinajstić information content (AvgIpc) is 2.38. The predicted molar refractivity (Wildman–Crippen MR) is 63.6 cm³/mol. The summed E-state index contributed by atoms with van der Waals surface area (Å²) in [5.74, 6) is -1.04. The van der Waals surface area contributed by atoms with Crippen LogP contribution in [0.2, 0.25) is 0 Å². The maximum atomic E-state index is 13.5. The van der Waals surface area contributed by atoms with E-state index in [4.69, 9.17) is 5.11 Å². The SMILES string of the molecule is O=C(O)CNc1ccc(-c2ccccc2F)nn1. The lowest BCUT2D eigenvalue weighted by molar-refractivity contribution is -0.134.